The van der Waals surface area contributed by atoms with E-state index in [1.54, 1.807) is 24.3 Å². The molecule has 0 saturated carbocycles. The molecule has 0 amide bonds. The van der Waals surface area contributed by atoms with Crippen LogP contribution in [0.25, 0.3) is 0 Å². The fourth-order valence-electron chi connectivity index (χ4n) is 2.06. The van der Waals surface area contributed by atoms with E-state index in [2.05, 4.69) is 5.32 Å². The van der Waals surface area contributed by atoms with Crippen LogP contribution in [0.4, 0.5) is 5.69 Å². The number of anilines is 1. The largest absolute Gasteiger partial charge is 0.481 e. The molecule has 0 unspecified atom stereocenters. The van der Waals surface area contributed by atoms with E-state index in [1.165, 1.54) is 0 Å². The Morgan fingerprint density at radius 2 is 1.90 bits per heavy atom. The van der Waals surface area contributed by atoms with E-state index < -0.39 is 15.8 Å². The monoisotopic (exact) mass is 313 g/mol. The van der Waals surface area contributed by atoms with E-state index in [-0.39, 0.29) is 12.2 Å². The van der Waals surface area contributed by atoms with Gasteiger partial charge >= 0.3 is 5.97 Å². The molecule has 21 heavy (non-hydrogen) atoms. The number of para-hydroxylation sites is 1. The highest BCUT2D eigenvalue weighted by atomic mass is 32.2. The third kappa shape index (κ3) is 6.16. The second kappa shape index (κ2) is 8.67. The van der Waals surface area contributed by atoms with Crippen molar-refractivity contribution in [1.82, 2.24) is 0 Å². The number of carboxylic acids is 1. The predicted molar refractivity (Wildman–Crippen MR) is 83.4 cm³/mol. The first-order chi connectivity index (χ1) is 9.97. The predicted octanol–water partition coefficient (Wildman–Crippen LogP) is 2.93. The summed E-state index contributed by atoms with van der Waals surface area (Å²) >= 11 is 0. The molecule has 0 radical (unpaired) electrons. The SMILES string of the molecule is CCCS(=O)(=O)c1ccccc1NCCCCCC(=O)O. The minimum atomic E-state index is -3.24. The van der Waals surface area contributed by atoms with E-state index in [0.717, 1.165) is 12.8 Å². The lowest BCUT2D eigenvalue weighted by Crippen LogP contribution is -2.11. The van der Waals surface area contributed by atoms with Crippen molar-refractivity contribution < 1.29 is 18.3 Å². The fraction of sp³-hybridized carbons (Fsp3) is 0.533. The van der Waals surface area contributed by atoms with E-state index >= 15 is 0 Å². The smallest absolute Gasteiger partial charge is 0.303 e. The molecule has 0 bridgehead atoms. The van der Waals surface area contributed by atoms with Gasteiger partial charge in [-0.2, -0.15) is 0 Å². The highest BCUT2D eigenvalue weighted by Gasteiger charge is 2.16. The number of aliphatic carboxylic acids is 1. The van der Waals surface area contributed by atoms with Crippen LogP contribution < -0.4 is 5.32 Å². The molecule has 0 fully saturated rings. The molecule has 1 aromatic carbocycles. The summed E-state index contributed by atoms with van der Waals surface area (Å²) in [5.41, 5.74) is 0.629. The van der Waals surface area contributed by atoms with E-state index in [0.29, 0.717) is 30.0 Å². The van der Waals surface area contributed by atoms with Gasteiger partial charge in [-0.15, -0.1) is 0 Å². The van der Waals surface area contributed by atoms with Crippen LogP contribution in [0, 0.1) is 0 Å². The van der Waals surface area contributed by atoms with Gasteiger partial charge in [0.15, 0.2) is 9.84 Å². The molecule has 0 spiro atoms. The molecule has 0 heterocycles. The van der Waals surface area contributed by atoms with Gasteiger partial charge in [-0.1, -0.05) is 25.5 Å². The minimum absolute atomic E-state index is 0.143. The quantitative estimate of drug-likeness (QED) is 0.649. The van der Waals surface area contributed by atoms with Crippen LogP contribution in [0.15, 0.2) is 29.2 Å². The normalized spacial score (nSPS) is 11.3. The Balaban J connectivity index is 2.54. The van der Waals surface area contributed by atoms with Crippen LogP contribution in [0.2, 0.25) is 0 Å². The van der Waals surface area contributed by atoms with Crippen molar-refractivity contribution >= 4 is 21.5 Å². The van der Waals surface area contributed by atoms with Crippen molar-refractivity contribution in [2.24, 2.45) is 0 Å². The molecule has 2 N–H and O–H groups in total. The second-order valence-electron chi connectivity index (χ2n) is 4.95. The molecule has 0 aromatic heterocycles. The summed E-state index contributed by atoms with van der Waals surface area (Å²) in [4.78, 5) is 10.7. The van der Waals surface area contributed by atoms with Crippen LogP contribution in [0.1, 0.15) is 39.0 Å². The van der Waals surface area contributed by atoms with Gasteiger partial charge in [-0.05, 0) is 31.4 Å². The number of nitrogens with one attached hydrogen (secondary N) is 1. The number of benzene rings is 1. The van der Waals surface area contributed by atoms with Crippen molar-refractivity contribution in [3.8, 4) is 0 Å². The number of unbranched alkanes of at least 4 members (excludes halogenated alkanes) is 2. The number of carboxylic acid groups (broad SMARTS) is 1. The lowest BCUT2D eigenvalue weighted by Gasteiger charge is -2.12. The Labute approximate surface area is 126 Å². The molecule has 5 nitrogen and oxygen atoms in total. The number of hydrogen-bond acceptors (Lipinski definition) is 4. The third-order valence-electron chi connectivity index (χ3n) is 3.08. The van der Waals surface area contributed by atoms with Crippen molar-refractivity contribution in [3.63, 3.8) is 0 Å². The van der Waals surface area contributed by atoms with Gasteiger partial charge in [-0.3, -0.25) is 4.79 Å². The average Bonchev–Trinajstić information content (AvgIpc) is 2.42. The molecular weight excluding hydrogens is 290 g/mol. The molecule has 1 rings (SSSR count). The first-order valence-electron chi connectivity index (χ1n) is 7.25. The van der Waals surface area contributed by atoms with Gasteiger partial charge in [0.25, 0.3) is 0 Å². The zero-order valence-corrected chi connectivity index (χ0v) is 13.2. The molecule has 0 aliphatic heterocycles. The molecule has 6 heteroatoms. The van der Waals surface area contributed by atoms with Crippen LogP contribution in [0.3, 0.4) is 0 Å². The number of hydrogen-bond donors (Lipinski definition) is 2. The summed E-state index contributed by atoms with van der Waals surface area (Å²) in [6, 6.07) is 6.91. The van der Waals surface area contributed by atoms with Gasteiger partial charge in [-0.25, -0.2) is 8.42 Å². The summed E-state index contributed by atoms with van der Waals surface area (Å²) in [5.74, 6) is -0.636. The van der Waals surface area contributed by atoms with Gasteiger partial charge in [0.2, 0.25) is 0 Å². The Bertz CT molecular complexity index is 555. The minimum Gasteiger partial charge on any atom is -0.481 e. The van der Waals surface area contributed by atoms with Gasteiger partial charge in [0, 0.05) is 13.0 Å². The van der Waals surface area contributed by atoms with Crippen LogP contribution >= 0.6 is 0 Å². The lowest BCUT2D eigenvalue weighted by atomic mass is 10.2. The molecule has 0 atom stereocenters. The second-order valence-corrected chi connectivity index (χ2v) is 7.02. The van der Waals surface area contributed by atoms with E-state index in [9.17, 15) is 13.2 Å². The Morgan fingerprint density at radius 3 is 2.57 bits per heavy atom. The van der Waals surface area contributed by atoms with E-state index in [1.807, 2.05) is 6.92 Å². The maximum Gasteiger partial charge on any atom is 0.303 e. The zero-order valence-electron chi connectivity index (χ0n) is 12.3. The highest BCUT2D eigenvalue weighted by molar-refractivity contribution is 7.91. The van der Waals surface area contributed by atoms with Crippen LogP contribution in [0.5, 0.6) is 0 Å². The Kier molecular flexibility index (Phi) is 7.22. The van der Waals surface area contributed by atoms with Crippen molar-refractivity contribution in [2.45, 2.75) is 43.9 Å². The molecule has 0 aliphatic rings. The third-order valence-corrected chi connectivity index (χ3v) is 5.05. The molecular formula is C15H23NO4S. The first kappa shape index (κ1) is 17.5. The summed E-state index contributed by atoms with van der Waals surface area (Å²) < 4.78 is 24.3. The maximum atomic E-state index is 12.2. The van der Waals surface area contributed by atoms with Crippen molar-refractivity contribution in [3.05, 3.63) is 24.3 Å². The standard InChI is InChI=1S/C15H23NO4S/c1-2-12-21(19,20)14-9-6-5-8-13(14)16-11-7-3-4-10-15(17)18/h5-6,8-9,16H,2-4,7,10-12H2,1H3,(H,17,18). The fourth-order valence-corrected chi connectivity index (χ4v) is 3.58. The van der Waals surface area contributed by atoms with Crippen molar-refractivity contribution in [2.75, 3.05) is 17.6 Å². The Morgan fingerprint density at radius 1 is 1.19 bits per heavy atom. The van der Waals surface area contributed by atoms with Gasteiger partial charge in [0.05, 0.1) is 16.3 Å². The van der Waals surface area contributed by atoms with Crippen molar-refractivity contribution in [1.29, 1.82) is 0 Å². The molecule has 118 valence electrons. The number of rotatable bonds is 10. The van der Waals surface area contributed by atoms with Crippen LogP contribution in [-0.2, 0) is 14.6 Å². The summed E-state index contributed by atoms with van der Waals surface area (Å²) in [6.07, 6.45) is 3.04. The number of carbonyl (C=O) groups is 1. The summed E-state index contributed by atoms with van der Waals surface area (Å²) in [5, 5.41) is 11.7. The summed E-state index contributed by atoms with van der Waals surface area (Å²) in [6.45, 7) is 2.48. The van der Waals surface area contributed by atoms with Crippen LogP contribution in [-0.4, -0.2) is 31.8 Å². The summed E-state index contributed by atoms with van der Waals surface area (Å²) in [7, 11) is -3.24. The van der Waals surface area contributed by atoms with E-state index in [4.69, 9.17) is 5.11 Å². The maximum absolute atomic E-state index is 12.2. The molecule has 1 aromatic rings. The molecule has 0 aliphatic carbocycles. The van der Waals surface area contributed by atoms with Gasteiger partial charge in [0.1, 0.15) is 0 Å². The zero-order chi connectivity index (χ0) is 15.7. The lowest BCUT2D eigenvalue weighted by molar-refractivity contribution is -0.137. The number of sulfone groups is 1. The molecule has 0 saturated heterocycles. The first-order valence-corrected chi connectivity index (χ1v) is 8.90. The Hall–Kier alpha value is -1.56. The average molecular weight is 313 g/mol. The van der Waals surface area contributed by atoms with Gasteiger partial charge < -0.3 is 10.4 Å². The highest BCUT2D eigenvalue weighted by Crippen LogP contribution is 2.22. The topological polar surface area (TPSA) is 83.5 Å².